The molecule has 0 radical (unpaired) electrons. The van der Waals surface area contributed by atoms with Gasteiger partial charge in [-0.15, -0.1) is 11.8 Å². The third-order valence-corrected chi connectivity index (χ3v) is 9.81. The number of rotatable bonds is 19. The Hall–Kier alpha value is -5.75. The molecule has 5 rings (SSSR count). The third-order valence-electron chi connectivity index (χ3n) is 8.28. The second kappa shape index (κ2) is 19.6. The summed E-state index contributed by atoms with van der Waals surface area (Å²) in [6, 6.07) is 23.1. The number of aromatic nitrogens is 1. The molecule has 5 N–H and O–H groups in total. The number of sulfonamides is 1. The maximum Gasteiger partial charge on any atom is 0.329 e. The minimum Gasteiger partial charge on any atom is -0.497 e. The van der Waals surface area contributed by atoms with Crippen LogP contribution in [0, 0.1) is 0 Å². The number of carboxylic acids is 1. The zero-order valence-electron chi connectivity index (χ0n) is 33.0. The molecule has 1 heterocycles. The van der Waals surface area contributed by atoms with Gasteiger partial charge in [-0.3, -0.25) is 4.72 Å². The number of ether oxygens (including phenoxy) is 5. The molecule has 0 aliphatic carbocycles. The number of hydrogen-bond donors (Lipinski definition) is 5. The highest BCUT2D eigenvalue weighted by Gasteiger charge is 2.22. The number of urea groups is 1. The number of carboxylic acid groups (broad SMARTS) is 1. The zero-order valence-corrected chi connectivity index (χ0v) is 34.6. The van der Waals surface area contributed by atoms with Gasteiger partial charge in [0.1, 0.15) is 29.7 Å². The Kier molecular flexibility index (Phi) is 14.7. The van der Waals surface area contributed by atoms with Gasteiger partial charge in [0.05, 0.1) is 57.4 Å². The van der Waals surface area contributed by atoms with Crippen molar-refractivity contribution in [3.63, 3.8) is 0 Å². The topological polar surface area (TPSA) is 196 Å². The molecule has 4 aromatic carbocycles. The highest BCUT2D eigenvalue weighted by atomic mass is 32.2. The normalized spacial score (nSPS) is 11.5. The van der Waals surface area contributed by atoms with Gasteiger partial charge >= 0.3 is 12.0 Å². The minimum absolute atomic E-state index is 0.167. The number of nitrogens with zero attached hydrogens (tertiary/aromatic N) is 1. The summed E-state index contributed by atoms with van der Waals surface area (Å²) in [5, 5.41) is 19.2. The molecule has 17 heteroatoms. The van der Waals surface area contributed by atoms with Crippen LogP contribution in [0.1, 0.15) is 26.3 Å². The lowest BCUT2D eigenvalue weighted by atomic mass is 9.86. The van der Waals surface area contributed by atoms with E-state index in [9.17, 15) is 18.0 Å². The van der Waals surface area contributed by atoms with Gasteiger partial charge in [-0.2, -0.15) is 0 Å². The van der Waals surface area contributed by atoms with Gasteiger partial charge in [0.15, 0.2) is 5.75 Å². The lowest BCUT2D eigenvalue weighted by Crippen LogP contribution is -2.22. The average Bonchev–Trinajstić information content (AvgIpc) is 3.15. The summed E-state index contributed by atoms with van der Waals surface area (Å²) in [5.41, 5.74) is 2.17. The summed E-state index contributed by atoms with van der Waals surface area (Å²) >= 11 is 1.58. The molecular formula is C41H47N5O10S2. The Labute approximate surface area is 341 Å². The van der Waals surface area contributed by atoms with Crippen molar-refractivity contribution in [1.29, 1.82) is 0 Å². The summed E-state index contributed by atoms with van der Waals surface area (Å²) in [5.74, 6) is 2.07. The molecule has 0 spiro atoms. The quantitative estimate of drug-likeness (QED) is 0.0394. The lowest BCUT2D eigenvalue weighted by Gasteiger charge is -2.24. The highest BCUT2D eigenvalue weighted by Crippen LogP contribution is 2.40. The number of anilines is 5. The van der Waals surface area contributed by atoms with Gasteiger partial charge < -0.3 is 44.7 Å². The summed E-state index contributed by atoms with van der Waals surface area (Å²) in [4.78, 5) is 29.5. The number of carbonyl (C=O) groups is 2. The molecule has 0 bridgehead atoms. The Bertz CT molecular complexity index is 2350. The Morgan fingerprint density at radius 1 is 0.810 bits per heavy atom. The van der Waals surface area contributed by atoms with Crippen molar-refractivity contribution >= 4 is 73.1 Å². The lowest BCUT2D eigenvalue weighted by molar-refractivity contribution is -0.142. The van der Waals surface area contributed by atoms with Crippen molar-refractivity contribution in [3.05, 3.63) is 90.6 Å². The highest BCUT2D eigenvalue weighted by molar-refractivity contribution is 7.99. The summed E-state index contributed by atoms with van der Waals surface area (Å²) in [6.45, 7) is 6.55. The number of carbonyl (C=O) groups excluding carboxylic acids is 1. The van der Waals surface area contributed by atoms with Gasteiger partial charge in [0.2, 0.25) is 10.0 Å². The fourth-order valence-corrected chi connectivity index (χ4v) is 7.05. The first-order valence-corrected chi connectivity index (χ1v) is 20.9. The predicted octanol–water partition coefficient (Wildman–Crippen LogP) is 8.31. The van der Waals surface area contributed by atoms with Crippen LogP contribution in [0.25, 0.3) is 10.8 Å². The molecule has 1 aromatic heterocycles. The van der Waals surface area contributed by atoms with Crippen LogP contribution in [-0.4, -0.2) is 83.2 Å². The Morgan fingerprint density at radius 2 is 1.53 bits per heavy atom. The molecule has 58 heavy (non-hydrogen) atoms. The fraction of sp³-hybridized carbons (Fsp3) is 0.293. The van der Waals surface area contributed by atoms with Crippen LogP contribution in [0.2, 0.25) is 0 Å². The molecular weight excluding hydrogens is 787 g/mol. The van der Waals surface area contributed by atoms with Crippen molar-refractivity contribution in [2.45, 2.75) is 31.1 Å². The second-order valence-corrected chi connectivity index (χ2v) is 16.8. The smallest absolute Gasteiger partial charge is 0.329 e. The number of nitrogens with one attached hydrogen (secondary N) is 4. The van der Waals surface area contributed by atoms with Crippen molar-refractivity contribution in [2.75, 3.05) is 73.3 Å². The first-order chi connectivity index (χ1) is 27.6. The Morgan fingerprint density at radius 3 is 2.24 bits per heavy atom. The molecule has 0 aliphatic rings. The number of methoxy groups -OCH3 is 2. The predicted molar refractivity (Wildman–Crippen MR) is 227 cm³/mol. The average molecular weight is 834 g/mol. The van der Waals surface area contributed by atoms with Gasteiger partial charge in [-0.1, -0.05) is 45.0 Å². The largest absolute Gasteiger partial charge is 0.497 e. The molecule has 0 fully saturated rings. The maximum atomic E-state index is 13.5. The molecule has 0 saturated heterocycles. The van der Waals surface area contributed by atoms with Crippen molar-refractivity contribution in [2.24, 2.45) is 0 Å². The van der Waals surface area contributed by atoms with E-state index in [1.54, 1.807) is 61.5 Å². The number of thioether (sulfide) groups is 1. The van der Waals surface area contributed by atoms with Gasteiger partial charge in [0, 0.05) is 45.4 Å². The van der Waals surface area contributed by atoms with Crippen molar-refractivity contribution in [3.8, 4) is 23.0 Å². The monoisotopic (exact) mass is 833 g/mol. The van der Waals surface area contributed by atoms with Crippen LogP contribution in [0.5, 0.6) is 23.0 Å². The molecule has 308 valence electrons. The van der Waals surface area contributed by atoms with Crippen LogP contribution in [0.15, 0.2) is 90.0 Å². The van der Waals surface area contributed by atoms with E-state index in [-0.39, 0.29) is 35.8 Å². The number of benzene rings is 4. The van der Waals surface area contributed by atoms with E-state index in [2.05, 4.69) is 25.7 Å². The molecule has 0 saturated carbocycles. The van der Waals surface area contributed by atoms with Crippen LogP contribution < -0.4 is 34.9 Å². The SMILES string of the molecule is COc1cc(Nc2cc(Oc3ccc(NC(=O)Nc4cc(C(C)(C)C)cc(NS(C)(=O)=O)c4OC)c4ccccc34)ccn2)cc(SCCOCCOCC(=O)O)c1. The first-order valence-electron chi connectivity index (χ1n) is 18.0. The van der Waals surface area contributed by atoms with E-state index < -0.39 is 22.0 Å². The van der Waals surface area contributed by atoms with E-state index in [0.29, 0.717) is 47.7 Å². The summed E-state index contributed by atoms with van der Waals surface area (Å²) in [7, 11) is -0.648. The molecule has 15 nitrogen and oxygen atoms in total. The molecule has 0 aliphatic heterocycles. The van der Waals surface area contributed by atoms with Gasteiger partial charge in [0.25, 0.3) is 0 Å². The van der Waals surface area contributed by atoms with Crippen LogP contribution in [-0.2, 0) is 29.7 Å². The summed E-state index contributed by atoms with van der Waals surface area (Å²) < 4.78 is 54.8. The number of fused-ring (bicyclic) bond motifs is 1. The molecule has 0 unspecified atom stereocenters. The van der Waals surface area contributed by atoms with E-state index in [0.717, 1.165) is 33.2 Å². The van der Waals surface area contributed by atoms with Gasteiger partial charge in [-0.05, 0) is 53.4 Å². The van der Waals surface area contributed by atoms with E-state index >= 15 is 0 Å². The van der Waals surface area contributed by atoms with E-state index in [1.807, 2.05) is 63.2 Å². The maximum absolute atomic E-state index is 13.5. The zero-order chi connectivity index (χ0) is 41.9. The number of aliphatic carboxylic acids is 1. The van der Waals surface area contributed by atoms with Crippen LogP contribution >= 0.6 is 11.8 Å². The van der Waals surface area contributed by atoms with Crippen LogP contribution in [0.3, 0.4) is 0 Å². The van der Waals surface area contributed by atoms with Crippen LogP contribution in [0.4, 0.5) is 33.4 Å². The number of amides is 2. The first kappa shape index (κ1) is 43.4. The van der Waals surface area contributed by atoms with E-state index in [1.165, 1.54) is 7.11 Å². The molecule has 2 amide bonds. The molecule has 0 atom stereocenters. The third kappa shape index (κ3) is 12.6. The Balaban J connectivity index is 1.28. The minimum atomic E-state index is -3.65. The fourth-order valence-electron chi connectivity index (χ4n) is 5.66. The number of hydrogen-bond acceptors (Lipinski definition) is 12. The summed E-state index contributed by atoms with van der Waals surface area (Å²) in [6.07, 6.45) is 2.68. The second-order valence-electron chi connectivity index (χ2n) is 13.9. The standard InChI is InChI=1S/C41H47N5O10S2/c1-41(2,3)26-19-34(39(53-5)35(20-26)46-58(6,50)51)45-40(49)44-33-11-12-36(32-10-8-7-9-31(32)33)56-28-13-14-42-37(24-28)43-27-21-29(52-4)23-30(22-27)57-18-17-54-15-16-55-25-38(47)48/h7-14,19-24,46H,15-18,25H2,1-6H3,(H,42,43)(H,47,48)(H2,44,45,49). The van der Waals surface area contributed by atoms with Gasteiger partial charge in [-0.25, -0.2) is 23.0 Å². The van der Waals surface area contributed by atoms with Crippen molar-refractivity contribution < 1.29 is 46.8 Å². The number of pyridine rings is 1. The van der Waals surface area contributed by atoms with E-state index in [4.69, 9.17) is 28.8 Å². The molecule has 5 aromatic rings. The van der Waals surface area contributed by atoms with Crippen molar-refractivity contribution in [1.82, 2.24) is 4.98 Å².